The Hall–Kier alpha value is -2.07. The average molecular weight is 297 g/mol. The molecule has 0 radical (unpaired) electrons. The fourth-order valence-corrected chi connectivity index (χ4v) is 2.91. The van der Waals surface area contributed by atoms with E-state index < -0.39 is 6.08 Å². The number of hydrogen-bond donors (Lipinski definition) is 1. The van der Waals surface area contributed by atoms with Crippen LogP contribution in [0, 0.1) is 0 Å². The lowest BCUT2D eigenvalue weighted by Gasteiger charge is -2.18. The SMILES string of the molecule is O=C1CCCc2cccnc21.[2H]C1(O)CCCc2cccnc21. The summed E-state index contributed by atoms with van der Waals surface area (Å²) in [7, 11) is 0. The second kappa shape index (κ2) is 6.79. The highest BCUT2D eigenvalue weighted by atomic mass is 16.3. The van der Waals surface area contributed by atoms with Gasteiger partial charge in [-0.15, -0.1) is 0 Å². The monoisotopic (exact) mass is 297 g/mol. The van der Waals surface area contributed by atoms with Gasteiger partial charge in [0.1, 0.15) is 5.69 Å². The molecule has 22 heavy (non-hydrogen) atoms. The molecule has 1 unspecified atom stereocenters. The Balaban J connectivity index is 0.000000136. The van der Waals surface area contributed by atoms with E-state index in [1.165, 1.54) is 0 Å². The summed E-state index contributed by atoms with van der Waals surface area (Å²) in [4.78, 5) is 19.3. The molecule has 0 spiro atoms. The molecule has 4 rings (SSSR count). The van der Waals surface area contributed by atoms with Crippen molar-refractivity contribution in [2.24, 2.45) is 0 Å². The zero-order valence-electron chi connectivity index (χ0n) is 13.5. The second-order valence-corrected chi connectivity index (χ2v) is 5.60. The van der Waals surface area contributed by atoms with Gasteiger partial charge < -0.3 is 5.11 Å². The first-order valence-corrected chi connectivity index (χ1v) is 7.72. The fourth-order valence-electron chi connectivity index (χ4n) is 2.91. The van der Waals surface area contributed by atoms with Gasteiger partial charge in [0.25, 0.3) is 0 Å². The standard InChI is InChI=1S/C9H11NO.C9H9NO/c2*11-8-5-1-3-7-4-2-6-10-9(7)8/h2,4,6,8,11H,1,3,5H2;2,4,6H,1,3,5H2/i8D;. The largest absolute Gasteiger partial charge is 0.387 e. The Labute approximate surface area is 131 Å². The van der Waals surface area contributed by atoms with Crippen molar-refractivity contribution in [2.75, 3.05) is 0 Å². The van der Waals surface area contributed by atoms with Crippen LogP contribution in [0.15, 0.2) is 36.7 Å². The van der Waals surface area contributed by atoms with E-state index in [4.69, 9.17) is 1.37 Å². The first-order valence-electron chi connectivity index (χ1n) is 8.22. The smallest absolute Gasteiger partial charge is 0.181 e. The van der Waals surface area contributed by atoms with Crippen LogP contribution in [0.25, 0.3) is 0 Å². The van der Waals surface area contributed by atoms with Crippen LogP contribution < -0.4 is 0 Å². The van der Waals surface area contributed by atoms with Crippen LogP contribution in [-0.2, 0) is 12.8 Å². The molecule has 0 aromatic carbocycles. The first-order chi connectivity index (χ1) is 11.1. The molecule has 2 aromatic heterocycles. The molecule has 4 heteroatoms. The number of ketones is 1. The minimum Gasteiger partial charge on any atom is -0.387 e. The van der Waals surface area contributed by atoms with Crippen molar-refractivity contribution in [2.45, 2.75) is 44.6 Å². The van der Waals surface area contributed by atoms with Crippen molar-refractivity contribution in [1.29, 1.82) is 0 Å². The maximum Gasteiger partial charge on any atom is 0.181 e. The van der Waals surface area contributed by atoms with Crippen LogP contribution in [0.5, 0.6) is 0 Å². The lowest BCUT2D eigenvalue weighted by atomic mass is 9.94. The lowest BCUT2D eigenvalue weighted by molar-refractivity contribution is 0.0967. The third kappa shape index (κ3) is 3.22. The third-order valence-corrected chi connectivity index (χ3v) is 4.03. The predicted molar refractivity (Wildman–Crippen MR) is 83.6 cm³/mol. The summed E-state index contributed by atoms with van der Waals surface area (Å²) in [6.45, 7) is 0. The van der Waals surface area contributed by atoms with Gasteiger partial charge in [0.05, 0.1) is 13.1 Å². The Morgan fingerprint density at radius 3 is 2.55 bits per heavy atom. The molecular formula is C18H20N2O2. The van der Waals surface area contributed by atoms with Gasteiger partial charge in [-0.05, 0) is 55.4 Å². The molecule has 114 valence electrons. The maximum absolute atomic E-state index is 11.2. The van der Waals surface area contributed by atoms with Crippen LogP contribution >= 0.6 is 0 Å². The fraction of sp³-hybridized carbons (Fsp3) is 0.389. The van der Waals surface area contributed by atoms with Crippen LogP contribution in [-0.4, -0.2) is 20.9 Å². The van der Waals surface area contributed by atoms with E-state index in [0.29, 0.717) is 24.2 Å². The highest BCUT2D eigenvalue weighted by Gasteiger charge is 2.18. The summed E-state index contributed by atoms with van der Waals surface area (Å²) in [5.41, 5.74) is 3.36. The van der Waals surface area contributed by atoms with E-state index in [-0.39, 0.29) is 5.78 Å². The van der Waals surface area contributed by atoms with Gasteiger partial charge in [0, 0.05) is 18.8 Å². The molecule has 0 saturated carbocycles. The van der Waals surface area contributed by atoms with Gasteiger partial charge >= 0.3 is 0 Å². The molecule has 2 aliphatic rings. The molecular weight excluding hydrogens is 276 g/mol. The molecule has 2 heterocycles. The second-order valence-electron chi connectivity index (χ2n) is 5.60. The minimum atomic E-state index is -1.45. The molecule has 2 aromatic rings. The number of fused-ring (bicyclic) bond motifs is 2. The van der Waals surface area contributed by atoms with E-state index in [1.807, 2.05) is 24.3 Å². The molecule has 0 bridgehead atoms. The van der Waals surface area contributed by atoms with Crippen molar-refractivity contribution in [3.63, 3.8) is 0 Å². The summed E-state index contributed by atoms with van der Waals surface area (Å²) in [6, 6.07) is 7.65. The van der Waals surface area contributed by atoms with Crippen molar-refractivity contribution >= 4 is 5.78 Å². The van der Waals surface area contributed by atoms with Crippen molar-refractivity contribution < 1.29 is 11.3 Å². The third-order valence-electron chi connectivity index (χ3n) is 4.03. The van der Waals surface area contributed by atoms with Crippen molar-refractivity contribution in [1.82, 2.24) is 9.97 Å². The van der Waals surface area contributed by atoms with Crippen LogP contribution in [0.1, 0.15) is 60.4 Å². The zero-order chi connectivity index (χ0) is 16.3. The number of Topliss-reactive ketones (excluding diaryl/α,β-unsaturated/α-hetero) is 1. The number of hydrogen-bond acceptors (Lipinski definition) is 4. The highest BCUT2D eigenvalue weighted by molar-refractivity contribution is 5.96. The lowest BCUT2D eigenvalue weighted by Crippen LogP contribution is -2.12. The maximum atomic E-state index is 11.2. The summed E-state index contributed by atoms with van der Waals surface area (Å²) in [5.74, 6) is 0.201. The van der Waals surface area contributed by atoms with Gasteiger partial charge in [-0.3, -0.25) is 14.8 Å². The van der Waals surface area contributed by atoms with E-state index in [0.717, 1.165) is 36.8 Å². The van der Waals surface area contributed by atoms with Crippen molar-refractivity contribution in [3.8, 4) is 0 Å². The summed E-state index contributed by atoms with van der Waals surface area (Å²) in [6.07, 6.45) is 6.83. The predicted octanol–water partition coefficient (Wildman–Crippen LogP) is 3.05. The Morgan fingerprint density at radius 2 is 1.77 bits per heavy atom. The molecule has 0 saturated heterocycles. The van der Waals surface area contributed by atoms with Gasteiger partial charge in [-0.1, -0.05) is 12.1 Å². The van der Waals surface area contributed by atoms with Crippen LogP contribution in [0.4, 0.5) is 0 Å². The molecule has 0 fully saturated rings. The average Bonchev–Trinajstić information content (AvgIpc) is 2.56. The molecule has 0 aliphatic heterocycles. The first kappa shape index (κ1) is 13.6. The zero-order valence-corrected chi connectivity index (χ0v) is 12.5. The minimum absolute atomic E-state index is 0.201. The molecule has 0 amide bonds. The van der Waals surface area contributed by atoms with Gasteiger partial charge in [0.2, 0.25) is 0 Å². The van der Waals surface area contributed by atoms with Crippen molar-refractivity contribution in [3.05, 3.63) is 59.2 Å². The number of pyridine rings is 2. The topological polar surface area (TPSA) is 63.1 Å². The number of nitrogens with zero attached hydrogens (tertiary/aromatic N) is 2. The number of carbonyl (C=O) groups is 1. The number of aliphatic hydroxyl groups is 1. The normalized spacial score (nSPS) is 23.5. The van der Waals surface area contributed by atoms with Gasteiger partial charge in [-0.2, -0.15) is 0 Å². The van der Waals surface area contributed by atoms with Crippen LogP contribution in [0.3, 0.4) is 0 Å². The molecule has 1 N–H and O–H groups in total. The van der Waals surface area contributed by atoms with Gasteiger partial charge in [-0.25, -0.2) is 0 Å². The van der Waals surface area contributed by atoms with E-state index in [9.17, 15) is 9.90 Å². The number of aryl methyl sites for hydroxylation is 2. The van der Waals surface area contributed by atoms with Gasteiger partial charge in [0.15, 0.2) is 5.78 Å². The molecule has 2 aliphatic carbocycles. The Kier molecular flexibility index (Phi) is 4.19. The molecule has 1 atom stereocenters. The van der Waals surface area contributed by atoms with Crippen LogP contribution in [0.2, 0.25) is 0 Å². The van der Waals surface area contributed by atoms with E-state index in [2.05, 4.69) is 9.97 Å². The summed E-state index contributed by atoms with van der Waals surface area (Å²) < 4.78 is 7.60. The van der Waals surface area contributed by atoms with E-state index >= 15 is 0 Å². The Morgan fingerprint density at radius 1 is 1.05 bits per heavy atom. The quantitative estimate of drug-likeness (QED) is 0.811. The highest BCUT2D eigenvalue weighted by Crippen LogP contribution is 2.26. The summed E-state index contributed by atoms with van der Waals surface area (Å²) in [5, 5.41) is 9.63. The van der Waals surface area contributed by atoms with E-state index in [1.54, 1.807) is 12.4 Å². The number of aromatic nitrogens is 2. The number of carbonyl (C=O) groups excluding carboxylic acids is 1. The molecule has 4 nitrogen and oxygen atoms in total. The Bertz CT molecular complexity index is 716. The summed E-state index contributed by atoms with van der Waals surface area (Å²) >= 11 is 0. The number of rotatable bonds is 0.